The van der Waals surface area contributed by atoms with Gasteiger partial charge >= 0.3 is 0 Å². The molecule has 1 aliphatic heterocycles. The van der Waals surface area contributed by atoms with Gasteiger partial charge in [-0.2, -0.15) is 0 Å². The number of carbonyl (C=O) groups excluding carboxylic acids is 3. The molecule has 0 aliphatic carbocycles. The molecule has 3 aromatic carbocycles. The highest BCUT2D eigenvalue weighted by atomic mass is 35.5. The molecule has 0 spiro atoms. The SMILES string of the molecule is O=C(CN1C(=O)S/C(=C/c2cn(Cc3ccccc3Cl)c3ccccc23)C1=O)c1ccccc1. The molecule has 7 heteroatoms. The number of amides is 2. The Morgan fingerprint density at radius 1 is 0.912 bits per heavy atom. The predicted octanol–water partition coefficient (Wildman–Crippen LogP) is 6.26. The van der Waals surface area contributed by atoms with Crippen LogP contribution >= 0.6 is 23.4 Å². The monoisotopic (exact) mass is 486 g/mol. The Labute approximate surface area is 205 Å². The Balaban J connectivity index is 1.44. The van der Waals surface area contributed by atoms with E-state index in [9.17, 15) is 14.4 Å². The zero-order chi connectivity index (χ0) is 23.7. The topological polar surface area (TPSA) is 59.4 Å². The summed E-state index contributed by atoms with van der Waals surface area (Å²) in [5.74, 6) is -0.734. The van der Waals surface area contributed by atoms with Crippen LogP contribution in [0.2, 0.25) is 5.02 Å². The molecule has 0 saturated carbocycles. The minimum absolute atomic E-state index is 0.277. The Hall–Kier alpha value is -3.61. The minimum atomic E-state index is -0.456. The molecule has 1 fully saturated rings. The number of ketones is 1. The van der Waals surface area contributed by atoms with Crippen LogP contribution in [0.15, 0.2) is 90.0 Å². The van der Waals surface area contributed by atoms with Gasteiger partial charge in [0, 0.05) is 39.8 Å². The molecular weight excluding hydrogens is 468 g/mol. The maximum absolute atomic E-state index is 13.0. The first-order valence-corrected chi connectivity index (χ1v) is 11.9. The van der Waals surface area contributed by atoms with Gasteiger partial charge in [0.2, 0.25) is 0 Å². The van der Waals surface area contributed by atoms with E-state index in [-0.39, 0.29) is 12.3 Å². The second-order valence-corrected chi connectivity index (χ2v) is 9.28. The lowest BCUT2D eigenvalue weighted by Crippen LogP contribution is -2.33. The normalized spacial score (nSPS) is 15.0. The number of hydrogen-bond donors (Lipinski definition) is 0. The van der Waals surface area contributed by atoms with Crippen LogP contribution in [0, 0.1) is 0 Å². The summed E-state index contributed by atoms with van der Waals surface area (Å²) in [4.78, 5) is 39.4. The van der Waals surface area contributed by atoms with Gasteiger partial charge in [-0.1, -0.05) is 78.3 Å². The van der Waals surface area contributed by atoms with Gasteiger partial charge in [0.15, 0.2) is 5.78 Å². The number of para-hydroxylation sites is 1. The van der Waals surface area contributed by atoms with Crippen molar-refractivity contribution in [1.82, 2.24) is 9.47 Å². The van der Waals surface area contributed by atoms with Gasteiger partial charge in [-0.15, -0.1) is 0 Å². The number of fused-ring (bicyclic) bond motifs is 1. The summed E-state index contributed by atoms with van der Waals surface area (Å²) in [6.45, 7) is 0.293. The fourth-order valence-electron chi connectivity index (χ4n) is 3.97. The van der Waals surface area contributed by atoms with Crippen LogP contribution in [0.5, 0.6) is 0 Å². The molecule has 1 aromatic heterocycles. The summed E-state index contributed by atoms with van der Waals surface area (Å²) >= 11 is 7.22. The predicted molar refractivity (Wildman–Crippen MR) is 136 cm³/mol. The van der Waals surface area contributed by atoms with Gasteiger partial charge < -0.3 is 4.57 Å². The van der Waals surface area contributed by atoms with Crippen LogP contribution in [0.1, 0.15) is 21.5 Å². The van der Waals surface area contributed by atoms with Crippen molar-refractivity contribution >= 4 is 57.3 Å². The Morgan fingerprint density at radius 3 is 2.41 bits per heavy atom. The fraction of sp³-hybridized carbons (Fsp3) is 0.0741. The molecule has 5 rings (SSSR count). The number of Topliss-reactive ketones (excluding diaryl/α,β-unsaturated/α-hetero) is 1. The first-order chi connectivity index (χ1) is 16.5. The number of carbonyl (C=O) groups is 3. The molecule has 0 unspecified atom stereocenters. The summed E-state index contributed by atoms with van der Waals surface area (Å²) in [7, 11) is 0. The van der Waals surface area contributed by atoms with Crippen molar-refractivity contribution in [2.45, 2.75) is 6.54 Å². The number of imide groups is 1. The Kier molecular flexibility index (Phi) is 6.09. The van der Waals surface area contributed by atoms with Crippen LogP contribution in [0.25, 0.3) is 17.0 Å². The molecule has 2 heterocycles. The number of halogens is 1. The number of hydrogen-bond acceptors (Lipinski definition) is 4. The third-order valence-corrected chi connectivity index (χ3v) is 6.95. The summed E-state index contributed by atoms with van der Waals surface area (Å²) < 4.78 is 2.07. The van der Waals surface area contributed by atoms with E-state index < -0.39 is 11.1 Å². The molecule has 168 valence electrons. The highest BCUT2D eigenvalue weighted by molar-refractivity contribution is 8.18. The molecule has 0 bridgehead atoms. The minimum Gasteiger partial charge on any atom is -0.342 e. The van der Waals surface area contributed by atoms with Crippen LogP contribution in [-0.4, -0.2) is 32.9 Å². The average Bonchev–Trinajstić information content (AvgIpc) is 3.33. The molecule has 1 saturated heterocycles. The highest BCUT2D eigenvalue weighted by Gasteiger charge is 2.36. The average molecular weight is 487 g/mol. The van der Waals surface area contributed by atoms with E-state index in [4.69, 9.17) is 11.6 Å². The van der Waals surface area contributed by atoms with E-state index in [1.807, 2.05) is 60.8 Å². The fourth-order valence-corrected chi connectivity index (χ4v) is 4.99. The van der Waals surface area contributed by atoms with Gasteiger partial charge in [0.25, 0.3) is 11.1 Å². The second-order valence-electron chi connectivity index (χ2n) is 7.88. The van der Waals surface area contributed by atoms with E-state index in [1.165, 1.54) is 0 Å². The molecule has 2 amide bonds. The van der Waals surface area contributed by atoms with E-state index in [0.717, 1.165) is 38.7 Å². The third-order valence-electron chi connectivity index (χ3n) is 5.68. The molecular formula is C27H19ClN2O3S. The number of benzene rings is 3. The van der Waals surface area contributed by atoms with Gasteiger partial charge in [-0.05, 0) is 35.5 Å². The van der Waals surface area contributed by atoms with E-state index >= 15 is 0 Å². The zero-order valence-electron chi connectivity index (χ0n) is 18.0. The summed E-state index contributed by atoms with van der Waals surface area (Å²) in [5.41, 5.74) is 3.26. The van der Waals surface area contributed by atoms with E-state index in [1.54, 1.807) is 30.3 Å². The van der Waals surface area contributed by atoms with Crippen molar-refractivity contribution in [3.05, 3.63) is 112 Å². The highest BCUT2D eigenvalue weighted by Crippen LogP contribution is 2.34. The van der Waals surface area contributed by atoms with Crippen LogP contribution in [-0.2, 0) is 11.3 Å². The van der Waals surface area contributed by atoms with Gasteiger partial charge in [-0.25, -0.2) is 0 Å². The largest absolute Gasteiger partial charge is 0.342 e. The van der Waals surface area contributed by atoms with Crippen molar-refractivity contribution < 1.29 is 14.4 Å². The van der Waals surface area contributed by atoms with Crippen molar-refractivity contribution in [2.24, 2.45) is 0 Å². The van der Waals surface area contributed by atoms with Crippen LogP contribution in [0.4, 0.5) is 4.79 Å². The number of rotatable bonds is 6. The lowest BCUT2D eigenvalue weighted by atomic mass is 10.1. The van der Waals surface area contributed by atoms with Crippen molar-refractivity contribution in [2.75, 3.05) is 6.54 Å². The smallest absolute Gasteiger partial charge is 0.293 e. The molecule has 4 aromatic rings. The van der Waals surface area contributed by atoms with Crippen molar-refractivity contribution in [3.63, 3.8) is 0 Å². The number of thioether (sulfide) groups is 1. The molecule has 1 aliphatic rings. The van der Waals surface area contributed by atoms with Gasteiger partial charge in [0.05, 0.1) is 11.4 Å². The summed E-state index contributed by atoms with van der Waals surface area (Å²) in [6.07, 6.45) is 3.68. The zero-order valence-corrected chi connectivity index (χ0v) is 19.6. The molecule has 34 heavy (non-hydrogen) atoms. The van der Waals surface area contributed by atoms with Crippen molar-refractivity contribution in [3.8, 4) is 0 Å². The van der Waals surface area contributed by atoms with Gasteiger partial charge in [-0.3, -0.25) is 19.3 Å². The van der Waals surface area contributed by atoms with Crippen molar-refractivity contribution in [1.29, 1.82) is 0 Å². The summed E-state index contributed by atoms with van der Waals surface area (Å²) in [6, 6.07) is 24.2. The van der Waals surface area contributed by atoms with Crippen LogP contribution in [0.3, 0.4) is 0 Å². The van der Waals surface area contributed by atoms with Gasteiger partial charge in [0.1, 0.15) is 0 Å². The first kappa shape index (κ1) is 22.2. The molecule has 5 nitrogen and oxygen atoms in total. The molecule has 0 radical (unpaired) electrons. The molecule has 0 atom stereocenters. The summed E-state index contributed by atoms with van der Waals surface area (Å²) in [5, 5.41) is 1.20. The lowest BCUT2D eigenvalue weighted by molar-refractivity contribution is -0.122. The maximum Gasteiger partial charge on any atom is 0.293 e. The number of aromatic nitrogens is 1. The van der Waals surface area contributed by atoms with E-state index in [2.05, 4.69) is 4.57 Å². The quantitative estimate of drug-likeness (QED) is 0.238. The standard InChI is InChI=1S/C27H19ClN2O3S/c28-22-12-6-4-10-19(22)15-29-16-20(21-11-5-7-13-23(21)29)14-25-26(32)30(27(33)34-25)17-24(31)18-8-2-1-3-9-18/h1-14,16H,15,17H2/b25-14+. The van der Waals surface area contributed by atoms with E-state index in [0.29, 0.717) is 22.0 Å². The van der Waals surface area contributed by atoms with Crippen LogP contribution < -0.4 is 0 Å². The number of nitrogens with zero attached hydrogens (tertiary/aromatic N) is 2. The lowest BCUT2D eigenvalue weighted by Gasteiger charge is -2.11. The third kappa shape index (κ3) is 4.30. The Bertz CT molecular complexity index is 1460. The second kappa shape index (κ2) is 9.33. The Morgan fingerprint density at radius 2 is 1.62 bits per heavy atom. The first-order valence-electron chi connectivity index (χ1n) is 10.7. The molecule has 0 N–H and O–H groups in total. The maximum atomic E-state index is 13.0.